The molecule has 0 saturated carbocycles. The fraction of sp³-hybridized carbons (Fsp3) is 0.650. The van der Waals surface area contributed by atoms with Crippen LogP contribution in [0, 0.1) is 12.8 Å². The maximum absolute atomic E-state index is 15.2. The van der Waals surface area contributed by atoms with E-state index >= 15 is 4.79 Å². The van der Waals surface area contributed by atoms with Crippen LogP contribution in [-0.2, 0) is 47.7 Å². The first-order valence-corrected chi connectivity index (χ1v) is 35.4. The molecule has 3 aliphatic heterocycles. The van der Waals surface area contributed by atoms with Crippen LogP contribution in [0.25, 0.3) is 0 Å². The monoisotopic (exact) mass is 1540 g/mol. The molecule has 20 atom stereocenters. The molecule has 0 radical (unpaired) electrons. The highest BCUT2D eigenvalue weighted by Crippen LogP contribution is 2.36. The van der Waals surface area contributed by atoms with Crippen molar-refractivity contribution in [3.05, 3.63) is 51.4 Å². The first kappa shape index (κ1) is 86.2. The number of nitrogen functional groups attached to an aromatic ring is 1. The van der Waals surface area contributed by atoms with Crippen LogP contribution < -0.4 is 83.1 Å². The summed E-state index contributed by atoms with van der Waals surface area (Å²) in [5.41, 5.74) is 44.1. The molecule has 590 valence electrons. The Balaban J connectivity index is 1.16. The first-order chi connectivity index (χ1) is 50.2. The number of unbranched alkanes of at least 4 members (excludes halogenated alkanes) is 2. The number of rotatable bonds is 41. The average Bonchev–Trinajstić information content (AvgIpc) is 0.905. The number of aliphatic imine (C=N–C) groups is 3. The largest absolute Gasteiger partial charge is 0.441 e. The molecule has 32 N–H and O–H groups in total. The van der Waals surface area contributed by atoms with Crippen LogP contribution in [0.15, 0.2) is 32.9 Å². The molecule has 44 nitrogen and oxygen atoms in total. The number of hydrogen-bond acceptors (Lipinski definition) is 33. The van der Waals surface area contributed by atoms with Gasteiger partial charge in [-0.2, -0.15) is 0 Å². The third kappa shape index (κ3) is 24.7. The van der Waals surface area contributed by atoms with Crippen LogP contribution in [0.2, 0.25) is 0 Å². The third-order valence-corrected chi connectivity index (χ3v) is 18.9. The number of ether oxygens (including phenoxy) is 5. The number of imidazole rings is 1. The number of aliphatic hydroxyl groups excluding tert-OH is 8. The summed E-state index contributed by atoms with van der Waals surface area (Å²) in [5, 5.41) is 110. The number of thiazole rings is 1. The van der Waals surface area contributed by atoms with E-state index in [2.05, 4.69) is 72.1 Å². The molecule has 6 heterocycles. The molecule has 46 heteroatoms. The highest BCUT2D eigenvalue weighted by atomic mass is 32.2. The van der Waals surface area contributed by atoms with Crippen molar-refractivity contribution in [3.63, 3.8) is 0 Å². The Morgan fingerprint density at radius 2 is 1.42 bits per heavy atom. The number of nitrogens with two attached hydrogens (primary N) is 8. The van der Waals surface area contributed by atoms with Crippen molar-refractivity contribution < 1.29 is 103 Å². The van der Waals surface area contributed by atoms with Crippen LogP contribution in [0.4, 0.5) is 10.6 Å². The van der Waals surface area contributed by atoms with E-state index in [-0.39, 0.29) is 66.0 Å². The second kappa shape index (κ2) is 41.4. The van der Waals surface area contributed by atoms with Gasteiger partial charge < -0.3 is 153 Å². The van der Waals surface area contributed by atoms with Crippen LogP contribution >= 0.6 is 23.1 Å². The molecule has 3 aliphatic rings. The highest BCUT2D eigenvalue weighted by molar-refractivity contribution is 8.14. The number of carbonyl (C=O) groups excluding carboxylic acids is 8. The van der Waals surface area contributed by atoms with Crippen molar-refractivity contribution in [3.8, 4) is 0 Å². The van der Waals surface area contributed by atoms with Crippen molar-refractivity contribution in [2.75, 3.05) is 64.0 Å². The summed E-state index contributed by atoms with van der Waals surface area (Å²) in [7, 11) is 0. The van der Waals surface area contributed by atoms with Gasteiger partial charge in [0.2, 0.25) is 29.5 Å². The van der Waals surface area contributed by atoms with Gasteiger partial charge in [-0.1, -0.05) is 6.92 Å². The van der Waals surface area contributed by atoms with Crippen LogP contribution in [0.3, 0.4) is 0 Å². The number of thioether (sulfide) groups is 1. The van der Waals surface area contributed by atoms with Crippen molar-refractivity contribution in [2.45, 2.75) is 182 Å². The molecule has 0 aliphatic carbocycles. The Bertz CT molecular complexity index is 3520. The normalized spacial score (nSPS) is 24.3. The summed E-state index contributed by atoms with van der Waals surface area (Å²) >= 11 is 2.69. The number of amides is 8. The van der Waals surface area contributed by atoms with E-state index in [0.717, 1.165) is 25.4 Å². The lowest BCUT2D eigenvalue weighted by Gasteiger charge is -2.47. The van der Waals surface area contributed by atoms with Gasteiger partial charge >= 0.3 is 6.09 Å². The Morgan fingerprint density at radius 1 is 0.755 bits per heavy atom. The van der Waals surface area contributed by atoms with E-state index in [0.29, 0.717) is 60.8 Å². The number of aromatic nitrogens is 5. The Kier molecular flexibility index (Phi) is 33.7. The van der Waals surface area contributed by atoms with Gasteiger partial charge in [0.05, 0.1) is 72.7 Å². The van der Waals surface area contributed by atoms with E-state index in [4.69, 9.17) is 74.5 Å². The predicted molar refractivity (Wildman–Crippen MR) is 376 cm³/mol. The van der Waals surface area contributed by atoms with E-state index in [9.17, 15) is 74.4 Å². The number of carbonyl (C=O) groups is 8. The van der Waals surface area contributed by atoms with Crippen molar-refractivity contribution in [1.29, 1.82) is 0 Å². The van der Waals surface area contributed by atoms with E-state index in [1.807, 2.05) is 0 Å². The van der Waals surface area contributed by atoms with Gasteiger partial charge in [0.25, 0.3) is 11.8 Å². The lowest BCUT2D eigenvalue weighted by atomic mass is 9.96. The topological polar surface area (TPSA) is 741 Å². The second-order valence-electron chi connectivity index (χ2n) is 24.9. The smallest absolute Gasteiger partial charge is 0.404 e. The van der Waals surface area contributed by atoms with Gasteiger partial charge in [0, 0.05) is 68.8 Å². The molecular weight excluding hydrogens is 1440 g/mol. The maximum Gasteiger partial charge on any atom is 0.404 e. The molecule has 0 bridgehead atoms. The fourth-order valence-electron chi connectivity index (χ4n) is 10.8. The summed E-state index contributed by atoms with van der Waals surface area (Å²) in [5.74, 6) is -7.92. The number of aromatic amines is 1. The number of nitrogens with zero attached hydrogens (tertiary/aromatic N) is 7. The molecule has 20 unspecified atom stereocenters. The third-order valence-electron chi connectivity index (χ3n) is 16.8. The number of anilines is 1. The number of H-pyrrole nitrogens is 1. The molecule has 106 heavy (non-hydrogen) atoms. The highest BCUT2D eigenvalue weighted by Gasteiger charge is 2.54. The lowest BCUT2D eigenvalue weighted by Crippen LogP contribution is -2.65. The maximum atomic E-state index is 15.2. The standard InChI is InChI=1S/C60H97N23O21S2/c1-23-36(80-49(83-47(23)63)28(15-34(62)87)75-16-27(61)48(64)93)53(97)82-38(44(29-17-69-22-76-29)102-57-46(42(91)40(89)32(18-84)101-57)103-56-43(92)45(104-60(68)99)41(90)33(19-85)100-56)54(98)77-25(3)39(88)24(2)50(94)81-37(26(4)86)52(96)71-14-9-35-78-31(21-105-35)55-79-30(20-106-55)51(95)70-10-5-7-12-73-59(67)74-13-8-6-11-72-58(65)66/h17,20,22,24-28,31-33,37-46,56-57,75,84-86,88-92H,5-16,18-19,21,61H2,1-4H3,(H2,62,87)(H2,64,93)(H2,68,99)(H,69,76)(H,70,95)(H,71,96)(H,77,98)(H,81,94)(H,82,97)(H2,63,80,83)(H4,65,66,72)(H3,67,73,74). The summed E-state index contributed by atoms with van der Waals surface area (Å²) in [6, 6.07) is -8.27. The fourth-order valence-corrected chi connectivity index (χ4v) is 12.8. The van der Waals surface area contributed by atoms with Gasteiger partial charge in [0.15, 0.2) is 30.6 Å². The molecule has 6 rings (SSSR count). The number of primary amides is 3. The van der Waals surface area contributed by atoms with Crippen LogP contribution in [-0.4, -0.2) is 286 Å². The van der Waals surface area contributed by atoms with Gasteiger partial charge in [-0.15, -0.1) is 23.1 Å². The molecule has 8 amide bonds. The minimum absolute atomic E-state index is 0.000346. The summed E-state index contributed by atoms with van der Waals surface area (Å²) in [6.45, 7) is 4.62. The van der Waals surface area contributed by atoms with E-state index < -0.39 is 183 Å². The molecule has 3 aromatic rings. The molecule has 2 fully saturated rings. The average molecular weight is 1540 g/mol. The first-order valence-electron chi connectivity index (χ1n) is 33.5. The molecule has 0 spiro atoms. The molecule has 3 aromatic heterocycles. The van der Waals surface area contributed by atoms with Crippen molar-refractivity contribution >= 4 is 93.3 Å². The van der Waals surface area contributed by atoms with Gasteiger partial charge in [-0.3, -0.25) is 48.5 Å². The minimum atomic E-state index is -2.21. The Hall–Kier alpha value is -8.72. The van der Waals surface area contributed by atoms with Gasteiger partial charge in [-0.05, 0) is 46.5 Å². The minimum Gasteiger partial charge on any atom is -0.441 e. The summed E-state index contributed by atoms with van der Waals surface area (Å²) in [6.07, 6.45) is -22.3. The number of hydrogen-bond donors (Lipinski definition) is 24. The Morgan fingerprint density at radius 3 is 2.06 bits per heavy atom. The quantitative estimate of drug-likeness (QED) is 0.0142. The zero-order chi connectivity index (χ0) is 78.2. The summed E-state index contributed by atoms with van der Waals surface area (Å²) < 4.78 is 28.8. The van der Waals surface area contributed by atoms with Crippen LogP contribution in [0.5, 0.6) is 0 Å². The molecule has 2 saturated heterocycles. The van der Waals surface area contributed by atoms with Crippen LogP contribution in [0.1, 0.15) is 121 Å². The van der Waals surface area contributed by atoms with Crippen molar-refractivity contribution in [2.24, 2.45) is 61.0 Å². The summed E-state index contributed by atoms with van der Waals surface area (Å²) in [4.78, 5) is 140. The Labute approximate surface area is 614 Å². The zero-order valence-electron chi connectivity index (χ0n) is 58.3. The zero-order valence-corrected chi connectivity index (χ0v) is 60.0. The van der Waals surface area contributed by atoms with Gasteiger partial charge in [0.1, 0.15) is 95.0 Å². The number of guanidine groups is 2. The number of aliphatic hydroxyl groups is 8. The number of nitrogens with one attached hydrogen (secondary N) is 8. The SMILES string of the molecule is Cc1c(N)nc(C(CC(N)=O)NCC(N)C(N)=O)nc1C(=O)NC(C(=O)NC(C)C(O)C(C)C(=O)NC(C(=O)NCCC1=NC(c2nc(C(=O)NCCCCNC(N)=NCCCCN=C(N)N)cs2)CS1)C(C)O)C(OC1OC(CO)C(O)C(O)C1OC1OC(CO)C(O)C(OC(N)=O)C1O)c1cnc[nH]1. The second-order valence-corrected chi connectivity index (χ2v) is 26.9. The molecule has 0 aromatic carbocycles. The van der Waals surface area contributed by atoms with E-state index in [1.54, 1.807) is 5.38 Å². The van der Waals surface area contributed by atoms with Gasteiger partial charge in [-0.25, -0.2) is 24.7 Å². The predicted octanol–water partition coefficient (Wildman–Crippen LogP) is -9.32. The van der Waals surface area contributed by atoms with E-state index in [1.165, 1.54) is 50.8 Å². The lowest BCUT2D eigenvalue weighted by molar-refractivity contribution is -0.372. The van der Waals surface area contributed by atoms with Crippen molar-refractivity contribution in [1.82, 2.24) is 62.1 Å². The molecular formula is C60H97N23O21S2.